The van der Waals surface area contributed by atoms with Crippen molar-refractivity contribution in [3.63, 3.8) is 0 Å². The average Bonchev–Trinajstić information content (AvgIpc) is 2.53. The number of ether oxygens (including phenoxy) is 1. The molecule has 2 aromatic rings. The van der Waals surface area contributed by atoms with Gasteiger partial charge in [0.2, 0.25) is 0 Å². The van der Waals surface area contributed by atoms with Crippen molar-refractivity contribution in [2.45, 2.75) is 25.8 Å². The van der Waals surface area contributed by atoms with E-state index in [-0.39, 0.29) is 6.04 Å². The molecule has 1 aliphatic heterocycles. The average molecular weight is 285 g/mol. The molecule has 4 heteroatoms. The van der Waals surface area contributed by atoms with Gasteiger partial charge in [0.25, 0.3) is 0 Å². The fraction of sp³-hybridized carbons (Fsp3) is 0.471. The standard InChI is InChI=1S/C17H23N3O/c1-12(18)14-4-3-9-20(11-14)17-16-10-15(21-2)6-5-13(16)7-8-19-17/h5-8,10,12,14H,3-4,9,11,18H2,1-2H3. The Morgan fingerprint density at radius 2 is 2.24 bits per heavy atom. The second-order valence-electron chi connectivity index (χ2n) is 5.93. The Labute approximate surface area is 125 Å². The first kappa shape index (κ1) is 14.1. The van der Waals surface area contributed by atoms with Gasteiger partial charge in [-0.25, -0.2) is 4.98 Å². The fourth-order valence-corrected chi connectivity index (χ4v) is 3.14. The summed E-state index contributed by atoms with van der Waals surface area (Å²) in [6.45, 7) is 4.14. The van der Waals surface area contributed by atoms with E-state index in [0.717, 1.165) is 30.0 Å². The second kappa shape index (κ2) is 5.90. The molecule has 112 valence electrons. The van der Waals surface area contributed by atoms with Crippen LogP contribution in [0.4, 0.5) is 5.82 Å². The molecule has 0 bridgehead atoms. The Kier molecular flexibility index (Phi) is 3.97. The zero-order valence-corrected chi connectivity index (χ0v) is 12.7. The third kappa shape index (κ3) is 2.81. The molecule has 0 amide bonds. The van der Waals surface area contributed by atoms with Crippen LogP contribution in [0.25, 0.3) is 10.8 Å². The molecule has 21 heavy (non-hydrogen) atoms. The highest BCUT2D eigenvalue weighted by Gasteiger charge is 2.24. The summed E-state index contributed by atoms with van der Waals surface area (Å²) >= 11 is 0. The van der Waals surface area contributed by atoms with Crippen LogP contribution in [0.1, 0.15) is 19.8 Å². The summed E-state index contributed by atoms with van der Waals surface area (Å²) in [6, 6.07) is 8.44. The Hall–Kier alpha value is -1.81. The van der Waals surface area contributed by atoms with E-state index in [9.17, 15) is 0 Å². The molecule has 2 unspecified atom stereocenters. The lowest BCUT2D eigenvalue weighted by Gasteiger charge is -2.35. The predicted molar refractivity (Wildman–Crippen MR) is 86.9 cm³/mol. The van der Waals surface area contributed by atoms with Gasteiger partial charge >= 0.3 is 0 Å². The number of aromatic nitrogens is 1. The minimum atomic E-state index is 0.234. The van der Waals surface area contributed by atoms with E-state index >= 15 is 0 Å². The van der Waals surface area contributed by atoms with E-state index in [2.05, 4.69) is 28.9 Å². The van der Waals surface area contributed by atoms with E-state index in [1.165, 1.54) is 18.2 Å². The van der Waals surface area contributed by atoms with Gasteiger partial charge in [-0.05, 0) is 49.3 Å². The van der Waals surface area contributed by atoms with Crippen molar-refractivity contribution < 1.29 is 4.74 Å². The summed E-state index contributed by atoms with van der Waals surface area (Å²) in [5, 5.41) is 2.35. The Bertz CT molecular complexity index is 626. The molecule has 1 aromatic carbocycles. The van der Waals surface area contributed by atoms with Gasteiger partial charge in [0.15, 0.2) is 0 Å². The quantitative estimate of drug-likeness (QED) is 0.942. The van der Waals surface area contributed by atoms with Crippen LogP contribution in [-0.2, 0) is 0 Å². The van der Waals surface area contributed by atoms with Crippen molar-refractivity contribution in [1.82, 2.24) is 4.98 Å². The summed E-state index contributed by atoms with van der Waals surface area (Å²) < 4.78 is 5.36. The van der Waals surface area contributed by atoms with Crippen LogP contribution in [0.3, 0.4) is 0 Å². The highest BCUT2D eigenvalue weighted by molar-refractivity contribution is 5.93. The number of rotatable bonds is 3. The lowest BCUT2D eigenvalue weighted by molar-refractivity contribution is 0.363. The Balaban J connectivity index is 1.99. The first-order chi connectivity index (χ1) is 10.2. The smallest absolute Gasteiger partial charge is 0.136 e. The number of benzene rings is 1. The van der Waals surface area contributed by atoms with Crippen LogP contribution in [0, 0.1) is 5.92 Å². The second-order valence-corrected chi connectivity index (χ2v) is 5.93. The summed E-state index contributed by atoms with van der Waals surface area (Å²) in [5.41, 5.74) is 6.10. The summed E-state index contributed by atoms with van der Waals surface area (Å²) in [4.78, 5) is 7.00. The first-order valence-corrected chi connectivity index (χ1v) is 7.62. The molecule has 0 saturated carbocycles. The number of nitrogens with zero attached hydrogens (tertiary/aromatic N) is 2. The minimum absolute atomic E-state index is 0.234. The third-order valence-corrected chi connectivity index (χ3v) is 4.45. The van der Waals surface area contributed by atoms with E-state index in [1.54, 1.807) is 7.11 Å². The number of fused-ring (bicyclic) bond motifs is 1. The SMILES string of the molecule is COc1ccc2ccnc(N3CCCC(C(C)N)C3)c2c1. The van der Waals surface area contributed by atoms with Crippen LogP contribution in [0.2, 0.25) is 0 Å². The highest BCUT2D eigenvalue weighted by Crippen LogP contribution is 2.31. The lowest BCUT2D eigenvalue weighted by Crippen LogP contribution is -2.42. The zero-order chi connectivity index (χ0) is 14.8. The number of methoxy groups -OCH3 is 1. The van der Waals surface area contributed by atoms with Gasteiger partial charge in [-0.1, -0.05) is 6.07 Å². The van der Waals surface area contributed by atoms with Crippen LogP contribution >= 0.6 is 0 Å². The molecule has 1 fully saturated rings. The van der Waals surface area contributed by atoms with Crippen molar-refractivity contribution in [3.8, 4) is 5.75 Å². The number of hydrogen-bond acceptors (Lipinski definition) is 4. The summed E-state index contributed by atoms with van der Waals surface area (Å²) in [7, 11) is 1.70. The molecular weight excluding hydrogens is 262 g/mol. The molecule has 3 rings (SSSR count). The molecule has 2 heterocycles. The van der Waals surface area contributed by atoms with Crippen LogP contribution in [0.5, 0.6) is 5.75 Å². The Morgan fingerprint density at radius 1 is 1.38 bits per heavy atom. The van der Waals surface area contributed by atoms with E-state index in [0.29, 0.717) is 5.92 Å². The number of hydrogen-bond donors (Lipinski definition) is 1. The van der Waals surface area contributed by atoms with Crippen molar-refractivity contribution in [2.75, 3.05) is 25.1 Å². The minimum Gasteiger partial charge on any atom is -0.497 e. The van der Waals surface area contributed by atoms with Crippen LogP contribution < -0.4 is 15.4 Å². The maximum atomic E-state index is 6.10. The predicted octanol–water partition coefficient (Wildman–Crippen LogP) is 2.81. The van der Waals surface area contributed by atoms with Crippen LogP contribution in [-0.4, -0.2) is 31.2 Å². The molecule has 4 nitrogen and oxygen atoms in total. The maximum absolute atomic E-state index is 6.10. The largest absolute Gasteiger partial charge is 0.497 e. The van der Waals surface area contributed by atoms with Gasteiger partial charge in [0.1, 0.15) is 11.6 Å². The third-order valence-electron chi connectivity index (χ3n) is 4.45. The molecule has 0 aliphatic carbocycles. The number of anilines is 1. The van der Waals surface area contributed by atoms with E-state index in [1.807, 2.05) is 18.3 Å². The zero-order valence-electron chi connectivity index (χ0n) is 12.7. The monoisotopic (exact) mass is 285 g/mol. The number of pyridine rings is 1. The van der Waals surface area contributed by atoms with E-state index < -0.39 is 0 Å². The van der Waals surface area contributed by atoms with Gasteiger partial charge in [-0.3, -0.25) is 0 Å². The number of piperidine rings is 1. The topological polar surface area (TPSA) is 51.4 Å². The maximum Gasteiger partial charge on any atom is 0.136 e. The van der Waals surface area contributed by atoms with Crippen LogP contribution in [0.15, 0.2) is 30.5 Å². The van der Waals surface area contributed by atoms with Crippen molar-refractivity contribution >= 4 is 16.6 Å². The molecule has 1 aliphatic rings. The molecule has 0 spiro atoms. The van der Waals surface area contributed by atoms with Crippen molar-refractivity contribution in [1.29, 1.82) is 0 Å². The fourth-order valence-electron chi connectivity index (χ4n) is 3.14. The first-order valence-electron chi connectivity index (χ1n) is 7.62. The van der Waals surface area contributed by atoms with Gasteiger partial charge in [-0.2, -0.15) is 0 Å². The normalized spacial score (nSPS) is 20.5. The molecule has 1 saturated heterocycles. The molecule has 2 N–H and O–H groups in total. The summed E-state index contributed by atoms with van der Waals surface area (Å²) in [5.74, 6) is 2.47. The molecular formula is C17H23N3O. The molecule has 0 radical (unpaired) electrons. The molecule has 1 aromatic heterocycles. The van der Waals surface area contributed by atoms with Gasteiger partial charge in [0.05, 0.1) is 7.11 Å². The number of nitrogens with two attached hydrogens (primary N) is 1. The summed E-state index contributed by atoms with van der Waals surface area (Å²) in [6.07, 6.45) is 4.27. The Morgan fingerprint density at radius 3 is 3.00 bits per heavy atom. The van der Waals surface area contributed by atoms with E-state index in [4.69, 9.17) is 10.5 Å². The molecule has 2 atom stereocenters. The van der Waals surface area contributed by atoms with Crippen molar-refractivity contribution in [3.05, 3.63) is 30.5 Å². The highest BCUT2D eigenvalue weighted by atomic mass is 16.5. The van der Waals surface area contributed by atoms with Gasteiger partial charge < -0.3 is 15.4 Å². The van der Waals surface area contributed by atoms with Crippen molar-refractivity contribution in [2.24, 2.45) is 11.7 Å². The lowest BCUT2D eigenvalue weighted by atomic mass is 9.92. The van der Waals surface area contributed by atoms with Gasteiger partial charge in [0, 0.05) is 30.7 Å². The van der Waals surface area contributed by atoms with Gasteiger partial charge in [-0.15, -0.1) is 0 Å².